The highest BCUT2D eigenvalue weighted by Crippen LogP contribution is 2.26. The van der Waals surface area contributed by atoms with Crippen molar-refractivity contribution in [1.29, 1.82) is 0 Å². The van der Waals surface area contributed by atoms with Crippen LogP contribution in [0.15, 0.2) is 58.1 Å². The summed E-state index contributed by atoms with van der Waals surface area (Å²) in [5.41, 5.74) is 1.78. The molecule has 1 heterocycles. The van der Waals surface area contributed by atoms with Crippen molar-refractivity contribution in [2.24, 2.45) is 5.10 Å². The van der Waals surface area contributed by atoms with Gasteiger partial charge in [-0.25, -0.2) is 5.10 Å². The quantitative estimate of drug-likeness (QED) is 0.508. The van der Waals surface area contributed by atoms with Gasteiger partial charge < -0.3 is 0 Å². The third-order valence-corrected chi connectivity index (χ3v) is 4.13. The van der Waals surface area contributed by atoms with Gasteiger partial charge in [-0.15, -0.1) is 0 Å². The first kappa shape index (κ1) is 15.1. The van der Waals surface area contributed by atoms with Crippen molar-refractivity contribution < 1.29 is 0 Å². The molecule has 0 saturated heterocycles. The maximum absolute atomic E-state index is 5.97. The second kappa shape index (κ2) is 6.56. The zero-order valence-electron chi connectivity index (χ0n) is 11.2. The highest BCUT2D eigenvalue weighted by atomic mass is 79.9. The largest absolute Gasteiger partial charge is 0.250 e. The summed E-state index contributed by atoms with van der Waals surface area (Å²) in [6.45, 7) is 0. The van der Waals surface area contributed by atoms with Crippen molar-refractivity contribution in [3.8, 4) is 11.4 Å². The first-order chi connectivity index (χ1) is 10.6. The summed E-state index contributed by atoms with van der Waals surface area (Å²) in [6.07, 6.45) is 1.69. The van der Waals surface area contributed by atoms with Crippen LogP contribution in [0.5, 0.6) is 0 Å². The van der Waals surface area contributed by atoms with Crippen LogP contribution in [0.3, 0.4) is 0 Å². The van der Waals surface area contributed by atoms with Crippen LogP contribution in [0, 0.1) is 4.77 Å². The van der Waals surface area contributed by atoms with Gasteiger partial charge in [0.1, 0.15) is 0 Å². The van der Waals surface area contributed by atoms with E-state index in [0.29, 0.717) is 15.6 Å². The number of nitrogens with zero attached hydrogens (tertiary/aromatic N) is 3. The summed E-state index contributed by atoms with van der Waals surface area (Å²) in [5.74, 6) is 0.635. The monoisotopic (exact) mass is 392 g/mol. The molecule has 0 radical (unpaired) electrons. The Balaban J connectivity index is 2.04. The lowest BCUT2D eigenvalue weighted by Gasteiger charge is -2.03. The maximum Gasteiger partial charge on any atom is 0.216 e. The molecule has 2 aromatic carbocycles. The molecule has 3 rings (SSSR count). The number of rotatable bonds is 3. The number of hydrogen-bond donors (Lipinski definition) is 1. The van der Waals surface area contributed by atoms with Crippen molar-refractivity contribution in [2.75, 3.05) is 0 Å². The number of benzene rings is 2. The number of halogens is 2. The third kappa shape index (κ3) is 3.19. The standard InChI is InChI=1S/C15H10BrClN4S/c16-13-7-2-1-6-12(13)14-19-20-15(22)21(14)18-9-10-4-3-5-11(17)8-10/h1-9H,(H,20,22)/b18-9-. The number of hydrogen-bond acceptors (Lipinski definition) is 3. The summed E-state index contributed by atoms with van der Waals surface area (Å²) in [6, 6.07) is 15.2. The molecule has 0 aliphatic carbocycles. The van der Waals surface area contributed by atoms with Gasteiger partial charge in [0.05, 0.1) is 6.21 Å². The van der Waals surface area contributed by atoms with Gasteiger partial charge in [0.15, 0.2) is 5.82 Å². The fourth-order valence-corrected chi connectivity index (χ4v) is 2.77. The second-order valence-corrected chi connectivity index (χ2v) is 6.12. The number of aromatic nitrogens is 3. The molecule has 0 unspecified atom stereocenters. The van der Waals surface area contributed by atoms with E-state index in [1.807, 2.05) is 48.5 Å². The molecule has 22 heavy (non-hydrogen) atoms. The van der Waals surface area contributed by atoms with Crippen LogP contribution in [-0.4, -0.2) is 21.1 Å². The topological polar surface area (TPSA) is 46.0 Å². The molecule has 0 atom stereocenters. The fraction of sp³-hybridized carbons (Fsp3) is 0. The van der Waals surface area contributed by atoms with Crippen LogP contribution in [0.1, 0.15) is 5.56 Å². The Morgan fingerprint density at radius 1 is 1.23 bits per heavy atom. The van der Waals surface area contributed by atoms with E-state index in [0.717, 1.165) is 15.6 Å². The van der Waals surface area contributed by atoms with Gasteiger partial charge in [-0.1, -0.05) is 51.8 Å². The Morgan fingerprint density at radius 2 is 2.05 bits per heavy atom. The van der Waals surface area contributed by atoms with Gasteiger partial charge in [-0.2, -0.15) is 14.9 Å². The average molecular weight is 394 g/mol. The fourth-order valence-electron chi connectivity index (χ4n) is 1.93. The summed E-state index contributed by atoms with van der Waals surface area (Å²) in [4.78, 5) is 0. The zero-order chi connectivity index (χ0) is 15.5. The first-order valence-corrected chi connectivity index (χ1v) is 7.95. The molecule has 0 aliphatic rings. The van der Waals surface area contributed by atoms with E-state index in [1.165, 1.54) is 0 Å². The predicted octanol–water partition coefficient (Wildman–Crippen LogP) is 4.91. The number of H-pyrrole nitrogens is 1. The molecule has 0 bridgehead atoms. The molecule has 0 aliphatic heterocycles. The molecule has 0 amide bonds. The highest BCUT2D eigenvalue weighted by Gasteiger charge is 2.10. The molecule has 0 saturated carbocycles. The third-order valence-electron chi connectivity index (χ3n) is 2.94. The minimum absolute atomic E-state index is 0.420. The van der Waals surface area contributed by atoms with Crippen LogP contribution < -0.4 is 0 Å². The second-order valence-electron chi connectivity index (χ2n) is 4.44. The Kier molecular flexibility index (Phi) is 4.52. The molecule has 110 valence electrons. The van der Waals surface area contributed by atoms with E-state index in [9.17, 15) is 0 Å². The van der Waals surface area contributed by atoms with E-state index < -0.39 is 0 Å². The minimum Gasteiger partial charge on any atom is -0.250 e. The smallest absolute Gasteiger partial charge is 0.216 e. The van der Waals surface area contributed by atoms with Gasteiger partial charge in [0, 0.05) is 15.1 Å². The van der Waals surface area contributed by atoms with Gasteiger partial charge in [0.25, 0.3) is 0 Å². The van der Waals surface area contributed by atoms with E-state index in [2.05, 4.69) is 31.2 Å². The average Bonchev–Trinajstić information content (AvgIpc) is 2.87. The van der Waals surface area contributed by atoms with E-state index in [4.69, 9.17) is 23.8 Å². The maximum atomic E-state index is 5.97. The predicted molar refractivity (Wildman–Crippen MR) is 95.0 cm³/mol. The Labute approximate surface area is 145 Å². The van der Waals surface area contributed by atoms with Gasteiger partial charge in [-0.3, -0.25) is 0 Å². The molecule has 1 N–H and O–H groups in total. The molecule has 0 fully saturated rings. The summed E-state index contributed by atoms with van der Waals surface area (Å²) < 4.78 is 2.92. The van der Waals surface area contributed by atoms with Crippen LogP contribution in [-0.2, 0) is 0 Å². The SMILES string of the molecule is S=c1[nH]nc(-c2ccccc2Br)n1/N=C\c1cccc(Cl)c1. The molecular weight excluding hydrogens is 384 g/mol. The van der Waals surface area contributed by atoms with Gasteiger partial charge in [0.2, 0.25) is 4.77 Å². The molecule has 1 aromatic heterocycles. The lowest BCUT2D eigenvalue weighted by atomic mass is 10.2. The van der Waals surface area contributed by atoms with Crippen LogP contribution in [0.2, 0.25) is 5.02 Å². The number of nitrogens with one attached hydrogen (secondary N) is 1. The van der Waals surface area contributed by atoms with E-state index in [1.54, 1.807) is 10.9 Å². The van der Waals surface area contributed by atoms with Crippen molar-refractivity contribution in [3.63, 3.8) is 0 Å². The van der Waals surface area contributed by atoms with Crippen LogP contribution in [0.25, 0.3) is 11.4 Å². The summed E-state index contributed by atoms with van der Waals surface area (Å²) in [5, 5.41) is 12.1. The molecule has 4 nitrogen and oxygen atoms in total. The lowest BCUT2D eigenvalue weighted by Crippen LogP contribution is -1.95. The van der Waals surface area contributed by atoms with E-state index in [-0.39, 0.29) is 0 Å². The van der Waals surface area contributed by atoms with E-state index >= 15 is 0 Å². The van der Waals surface area contributed by atoms with Crippen LogP contribution in [0.4, 0.5) is 0 Å². The normalized spacial score (nSPS) is 11.2. The molecular formula is C15H10BrClN4S. The first-order valence-electron chi connectivity index (χ1n) is 6.37. The van der Waals surface area contributed by atoms with Crippen molar-refractivity contribution in [3.05, 3.63) is 68.4 Å². The summed E-state index contributed by atoms with van der Waals surface area (Å²) >= 11 is 14.7. The Morgan fingerprint density at radius 3 is 2.82 bits per heavy atom. The van der Waals surface area contributed by atoms with Crippen molar-refractivity contribution in [1.82, 2.24) is 14.9 Å². The summed E-state index contributed by atoms with van der Waals surface area (Å²) in [7, 11) is 0. The Bertz CT molecular complexity index is 900. The zero-order valence-corrected chi connectivity index (χ0v) is 14.4. The Hall–Kier alpha value is -1.76. The van der Waals surface area contributed by atoms with Gasteiger partial charge in [-0.05, 0) is 42.0 Å². The molecule has 7 heteroatoms. The minimum atomic E-state index is 0.420. The lowest BCUT2D eigenvalue weighted by molar-refractivity contribution is 0.871. The molecule has 3 aromatic rings. The van der Waals surface area contributed by atoms with Crippen molar-refractivity contribution >= 4 is 46.0 Å². The van der Waals surface area contributed by atoms with Crippen LogP contribution >= 0.6 is 39.7 Å². The van der Waals surface area contributed by atoms with Gasteiger partial charge >= 0.3 is 0 Å². The van der Waals surface area contributed by atoms with Crippen molar-refractivity contribution in [2.45, 2.75) is 0 Å². The molecule has 0 spiro atoms. The highest BCUT2D eigenvalue weighted by molar-refractivity contribution is 9.10. The number of aromatic amines is 1.